The van der Waals surface area contributed by atoms with Gasteiger partial charge in [0.2, 0.25) is 0 Å². The van der Waals surface area contributed by atoms with Gasteiger partial charge in [-0.3, -0.25) is 9.69 Å². The van der Waals surface area contributed by atoms with Crippen LogP contribution in [0.1, 0.15) is 41.9 Å². The molecular weight excluding hydrogens is 392 g/mol. The van der Waals surface area contributed by atoms with Crippen LogP contribution in [-0.4, -0.2) is 5.78 Å². The molecule has 1 aliphatic carbocycles. The molecule has 2 aliphatic rings. The van der Waals surface area contributed by atoms with Crippen molar-refractivity contribution < 1.29 is 13.6 Å². The van der Waals surface area contributed by atoms with E-state index in [1.54, 1.807) is 0 Å². The molecule has 1 atom stereocenters. The summed E-state index contributed by atoms with van der Waals surface area (Å²) in [4.78, 5) is 16.2. The second kappa shape index (κ2) is 7.45. The number of benzene rings is 1. The minimum absolute atomic E-state index is 0.0265. The number of hydrogen-bond donors (Lipinski definition) is 1. The van der Waals surface area contributed by atoms with E-state index in [0.29, 0.717) is 30.5 Å². The standard InChI is InChI=1S/C22H19F2N3OS/c1-2-12-9-10-18(29-12)19-13(11-25)22(26)27(16-7-4-8-17(28)20(16)19)21-14(23)5-3-6-15(21)24/h3,5-6,9-10,19H,2,4,7-8,26H2,1H3/t19-/m1/s1. The van der Waals surface area contributed by atoms with Crippen LogP contribution in [0.25, 0.3) is 0 Å². The van der Waals surface area contributed by atoms with Crippen LogP contribution in [0, 0.1) is 23.0 Å². The maximum absolute atomic E-state index is 14.6. The number of aryl methyl sites for hydroxylation is 1. The second-order valence-corrected chi connectivity index (χ2v) is 8.24. The monoisotopic (exact) mass is 411 g/mol. The van der Waals surface area contributed by atoms with Gasteiger partial charge in [0, 0.05) is 27.4 Å². The number of para-hydroxylation sites is 1. The van der Waals surface area contributed by atoms with Gasteiger partial charge < -0.3 is 5.73 Å². The zero-order chi connectivity index (χ0) is 20.7. The number of hydrogen-bond acceptors (Lipinski definition) is 5. The first-order chi connectivity index (χ1) is 14.0. The lowest BCUT2D eigenvalue weighted by Crippen LogP contribution is -2.39. The van der Waals surface area contributed by atoms with Crippen molar-refractivity contribution >= 4 is 22.8 Å². The maximum atomic E-state index is 14.6. The number of rotatable bonds is 3. The minimum atomic E-state index is -0.794. The molecule has 2 heterocycles. The number of nitrogens with zero attached hydrogens (tertiary/aromatic N) is 2. The molecule has 0 spiro atoms. The molecule has 2 aromatic rings. The number of thiophene rings is 1. The highest BCUT2D eigenvalue weighted by Crippen LogP contribution is 2.48. The van der Waals surface area contributed by atoms with Gasteiger partial charge >= 0.3 is 0 Å². The Kier molecular flexibility index (Phi) is 4.97. The van der Waals surface area contributed by atoms with E-state index in [1.807, 2.05) is 19.1 Å². The molecule has 4 nitrogen and oxygen atoms in total. The smallest absolute Gasteiger partial charge is 0.161 e. The van der Waals surface area contributed by atoms with Crippen molar-refractivity contribution in [2.24, 2.45) is 5.73 Å². The lowest BCUT2D eigenvalue weighted by molar-refractivity contribution is -0.116. The number of carbonyl (C=O) groups is 1. The molecular formula is C22H19F2N3OS. The third-order valence-corrected chi connectivity index (χ3v) is 6.68. The molecule has 0 amide bonds. The fourth-order valence-corrected chi connectivity index (χ4v) is 5.14. The van der Waals surface area contributed by atoms with Gasteiger partial charge in [-0.1, -0.05) is 13.0 Å². The van der Waals surface area contributed by atoms with Gasteiger partial charge in [0.15, 0.2) is 5.78 Å². The number of halogens is 2. The zero-order valence-corrected chi connectivity index (χ0v) is 16.7. The Labute approximate surface area is 171 Å². The predicted octanol–water partition coefficient (Wildman–Crippen LogP) is 4.89. The van der Waals surface area contributed by atoms with E-state index in [-0.39, 0.29) is 22.9 Å². The fourth-order valence-electron chi connectivity index (χ4n) is 4.07. The lowest BCUT2D eigenvalue weighted by Gasteiger charge is -2.39. The third-order valence-electron chi connectivity index (χ3n) is 5.39. The summed E-state index contributed by atoms with van der Waals surface area (Å²) in [5.41, 5.74) is 7.04. The molecule has 2 N–H and O–H groups in total. The van der Waals surface area contributed by atoms with Gasteiger partial charge in [-0.25, -0.2) is 8.78 Å². The average molecular weight is 411 g/mol. The van der Waals surface area contributed by atoms with Crippen LogP contribution in [0.2, 0.25) is 0 Å². The van der Waals surface area contributed by atoms with Crippen LogP contribution in [0.5, 0.6) is 0 Å². The molecule has 1 aromatic heterocycles. The highest BCUT2D eigenvalue weighted by atomic mass is 32.1. The molecule has 29 heavy (non-hydrogen) atoms. The first kappa shape index (κ1) is 19.3. The molecule has 1 aliphatic heterocycles. The topological polar surface area (TPSA) is 70.1 Å². The number of ketones is 1. The summed E-state index contributed by atoms with van der Waals surface area (Å²) in [5, 5.41) is 9.91. The summed E-state index contributed by atoms with van der Waals surface area (Å²) < 4.78 is 29.2. The van der Waals surface area contributed by atoms with Crippen molar-refractivity contribution in [3.05, 3.63) is 74.4 Å². The largest absolute Gasteiger partial charge is 0.384 e. The Morgan fingerprint density at radius 2 is 1.97 bits per heavy atom. The molecule has 0 bridgehead atoms. The number of nitrogens with two attached hydrogens (primary N) is 1. The molecule has 4 rings (SSSR count). The van der Waals surface area contributed by atoms with Crippen molar-refractivity contribution in [2.45, 2.75) is 38.5 Å². The Morgan fingerprint density at radius 1 is 1.24 bits per heavy atom. The normalized spacial score (nSPS) is 19.4. The van der Waals surface area contributed by atoms with E-state index in [4.69, 9.17) is 5.73 Å². The summed E-state index contributed by atoms with van der Waals surface area (Å²) in [7, 11) is 0. The summed E-state index contributed by atoms with van der Waals surface area (Å²) in [6.07, 6.45) is 2.20. The summed E-state index contributed by atoms with van der Waals surface area (Å²) in [5.74, 6) is -2.32. The maximum Gasteiger partial charge on any atom is 0.161 e. The number of anilines is 1. The van der Waals surface area contributed by atoms with E-state index in [9.17, 15) is 18.8 Å². The summed E-state index contributed by atoms with van der Waals surface area (Å²) >= 11 is 1.53. The molecule has 1 aromatic carbocycles. The van der Waals surface area contributed by atoms with Gasteiger partial charge in [-0.2, -0.15) is 5.26 Å². The van der Waals surface area contributed by atoms with E-state index in [0.717, 1.165) is 28.3 Å². The predicted molar refractivity (Wildman–Crippen MR) is 108 cm³/mol. The third kappa shape index (κ3) is 3.04. The zero-order valence-electron chi connectivity index (χ0n) is 15.8. The highest BCUT2D eigenvalue weighted by molar-refractivity contribution is 7.12. The van der Waals surface area contributed by atoms with Crippen molar-refractivity contribution in [1.82, 2.24) is 0 Å². The van der Waals surface area contributed by atoms with Crippen LogP contribution in [-0.2, 0) is 11.2 Å². The van der Waals surface area contributed by atoms with E-state index in [2.05, 4.69) is 6.07 Å². The molecule has 0 saturated carbocycles. The average Bonchev–Trinajstić information content (AvgIpc) is 3.18. The van der Waals surface area contributed by atoms with Crippen LogP contribution < -0.4 is 10.6 Å². The molecule has 0 unspecified atom stereocenters. The van der Waals surface area contributed by atoms with Gasteiger partial charge in [-0.05, 0) is 43.5 Å². The summed E-state index contributed by atoms with van der Waals surface area (Å²) in [6, 6.07) is 9.54. The SMILES string of the molecule is CCc1ccc([C@H]2C(C#N)=C(N)N(c3c(F)cccc3F)C3=C2C(=O)CCC3)s1. The fraction of sp³-hybridized carbons (Fsp3) is 0.273. The van der Waals surface area contributed by atoms with Crippen LogP contribution >= 0.6 is 11.3 Å². The van der Waals surface area contributed by atoms with E-state index in [1.165, 1.54) is 22.3 Å². The molecule has 0 saturated heterocycles. The second-order valence-electron chi connectivity index (χ2n) is 7.04. The molecule has 0 radical (unpaired) electrons. The number of allylic oxidation sites excluding steroid dienone is 3. The van der Waals surface area contributed by atoms with Crippen molar-refractivity contribution in [1.29, 1.82) is 5.26 Å². The molecule has 0 fully saturated rings. The van der Waals surface area contributed by atoms with Gasteiger partial charge in [0.1, 0.15) is 23.1 Å². The van der Waals surface area contributed by atoms with Gasteiger partial charge in [0.05, 0.1) is 17.6 Å². The van der Waals surface area contributed by atoms with Gasteiger partial charge in [0.25, 0.3) is 0 Å². The van der Waals surface area contributed by atoms with E-state index < -0.39 is 17.6 Å². The highest BCUT2D eigenvalue weighted by Gasteiger charge is 2.42. The van der Waals surface area contributed by atoms with Gasteiger partial charge in [-0.15, -0.1) is 11.3 Å². The van der Waals surface area contributed by atoms with Crippen LogP contribution in [0.15, 0.2) is 53.0 Å². The Bertz CT molecular complexity index is 1090. The lowest BCUT2D eigenvalue weighted by atomic mass is 9.78. The van der Waals surface area contributed by atoms with Crippen molar-refractivity contribution in [3.8, 4) is 6.07 Å². The first-order valence-corrected chi connectivity index (χ1v) is 10.3. The van der Waals surface area contributed by atoms with Crippen molar-refractivity contribution in [2.75, 3.05) is 4.90 Å². The number of nitriles is 1. The van der Waals surface area contributed by atoms with Crippen molar-refractivity contribution in [3.63, 3.8) is 0 Å². The Morgan fingerprint density at radius 3 is 2.59 bits per heavy atom. The molecule has 148 valence electrons. The Balaban J connectivity index is 2.00. The number of Topliss-reactive ketones (excluding diaryl/α,β-unsaturated/α-hetero) is 1. The molecule has 7 heteroatoms. The summed E-state index contributed by atoms with van der Waals surface area (Å²) in [6.45, 7) is 2.03. The Hall–Kier alpha value is -2.98. The number of carbonyl (C=O) groups excluding carboxylic acids is 1. The van der Waals surface area contributed by atoms with Crippen LogP contribution in [0.3, 0.4) is 0 Å². The first-order valence-electron chi connectivity index (χ1n) is 9.46. The van der Waals surface area contributed by atoms with E-state index >= 15 is 0 Å². The minimum Gasteiger partial charge on any atom is -0.384 e. The quantitative estimate of drug-likeness (QED) is 0.780. The van der Waals surface area contributed by atoms with Crippen LogP contribution in [0.4, 0.5) is 14.5 Å².